The van der Waals surface area contributed by atoms with Crippen molar-refractivity contribution in [2.24, 2.45) is 11.7 Å². The predicted molar refractivity (Wildman–Crippen MR) is 68.8 cm³/mol. The Morgan fingerprint density at radius 3 is 2.47 bits per heavy atom. The van der Waals surface area contributed by atoms with E-state index in [-0.39, 0.29) is 5.92 Å². The normalized spacial score (nSPS) is 12.2. The molecule has 0 heterocycles. The lowest BCUT2D eigenvalue weighted by Crippen LogP contribution is -2.39. The van der Waals surface area contributed by atoms with Gasteiger partial charge in [-0.15, -0.1) is 0 Å². The van der Waals surface area contributed by atoms with Gasteiger partial charge in [0.15, 0.2) is 0 Å². The summed E-state index contributed by atoms with van der Waals surface area (Å²) in [6.07, 6.45) is 0. The minimum Gasteiger partial charge on any atom is -0.497 e. The minimum atomic E-state index is -0.439. The maximum atomic E-state index is 11.3. The average molecular weight is 237 g/mol. The van der Waals surface area contributed by atoms with Gasteiger partial charge in [0, 0.05) is 6.07 Å². The molecule has 0 aliphatic rings. The molecule has 17 heavy (non-hydrogen) atoms. The molecule has 1 amide bonds. The summed E-state index contributed by atoms with van der Waals surface area (Å²) in [5.74, 6) is 0.373. The van der Waals surface area contributed by atoms with Crippen LogP contribution in [0.5, 0.6) is 5.75 Å². The largest absolute Gasteiger partial charge is 0.497 e. The van der Waals surface area contributed by atoms with Crippen molar-refractivity contribution in [2.75, 3.05) is 18.2 Å². The molecule has 0 aromatic heterocycles. The van der Waals surface area contributed by atoms with Crippen molar-refractivity contribution in [3.05, 3.63) is 18.2 Å². The van der Waals surface area contributed by atoms with E-state index < -0.39 is 11.9 Å². The molecule has 5 N–H and O–H groups in total. The summed E-state index contributed by atoms with van der Waals surface area (Å²) in [7, 11) is 1.57. The van der Waals surface area contributed by atoms with Crippen molar-refractivity contribution in [2.45, 2.75) is 19.9 Å². The average Bonchev–Trinajstić information content (AvgIpc) is 2.26. The van der Waals surface area contributed by atoms with Gasteiger partial charge in [-0.1, -0.05) is 13.8 Å². The number of hydrogen-bond donors (Lipinski definition) is 3. The summed E-state index contributed by atoms with van der Waals surface area (Å²) in [4.78, 5) is 11.3. The molecule has 1 aromatic carbocycles. The van der Waals surface area contributed by atoms with Crippen LogP contribution in [0.4, 0.5) is 11.4 Å². The summed E-state index contributed by atoms with van der Waals surface area (Å²) in [6, 6.07) is 4.80. The van der Waals surface area contributed by atoms with Gasteiger partial charge in [-0.25, -0.2) is 0 Å². The molecule has 5 nitrogen and oxygen atoms in total. The third-order valence-corrected chi connectivity index (χ3v) is 2.54. The summed E-state index contributed by atoms with van der Waals surface area (Å²) in [5.41, 5.74) is 12.4. The highest BCUT2D eigenvalue weighted by molar-refractivity contribution is 5.84. The van der Waals surface area contributed by atoms with Crippen molar-refractivity contribution in [1.29, 1.82) is 0 Å². The molecule has 1 unspecified atom stereocenters. The minimum absolute atomic E-state index is 0.0917. The van der Waals surface area contributed by atoms with Crippen LogP contribution in [-0.2, 0) is 4.79 Å². The summed E-state index contributed by atoms with van der Waals surface area (Å²) in [6.45, 7) is 3.84. The maximum absolute atomic E-state index is 11.3. The van der Waals surface area contributed by atoms with E-state index in [9.17, 15) is 4.79 Å². The smallest absolute Gasteiger partial charge is 0.240 e. The monoisotopic (exact) mass is 237 g/mol. The van der Waals surface area contributed by atoms with E-state index in [1.54, 1.807) is 25.3 Å². The van der Waals surface area contributed by atoms with Gasteiger partial charge in [0.25, 0.3) is 0 Å². The summed E-state index contributed by atoms with van der Waals surface area (Å²) < 4.78 is 5.05. The predicted octanol–water partition coefficient (Wildman–Crippen LogP) is 1.20. The second-order valence-electron chi connectivity index (χ2n) is 4.22. The lowest BCUT2D eigenvalue weighted by atomic mass is 10.0. The molecule has 1 aromatic rings. The highest BCUT2D eigenvalue weighted by Crippen LogP contribution is 2.25. The van der Waals surface area contributed by atoms with Gasteiger partial charge in [0.2, 0.25) is 5.91 Å². The molecule has 0 saturated carbocycles. The first-order chi connectivity index (χ1) is 7.95. The molecule has 0 radical (unpaired) electrons. The first-order valence-electron chi connectivity index (χ1n) is 5.45. The quantitative estimate of drug-likeness (QED) is 0.671. The Morgan fingerprint density at radius 1 is 1.41 bits per heavy atom. The molecule has 94 valence electrons. The molecule has 1 atom stereocenters. The first kappa shape index (κ1) is 13.2. The SMILES string of the molecule is COc1ccc(NC(C(N)=O)C(C)C)c(N)c1. The van der Waals surface area contributed by atoms with Gasteiger partial charge >= 0.3 is 0 Å². The Labute approximate surface area is 101 Å². The van der Waals surface area contributed by atoms with Gasteiger partial charge < -0.3 is 21.5 Å². The molecule has 0 aliphatic heterocycles. The molecule has 1 rings (SSSR count). The zero-order chi connectivity index (χ0) is 13.0. The van der Waals surface area contributed by atoms with E-state index >= 15 is 0 Å². The van der Waals surface area contributed by atoms with Crippen LogP contribution >= 0.6 is 0 Å². The van der Waals surface area contributed by atoms with Crippen LogP contribution < -0.4 is 21.5 Å². The molecule has 0 fully saturated rings. The number of benzene rings is 1. The van der Waals surface area contributed by atoms with Crippen LogP contribution in [0.2, 0.25) is 0 Å². The number of carbonyl (C=O) groups excluding carboxylic acids is 1. The van der Waals surface area contributed by atoms with Crippen LogP contribution in [0.3, 0.4) is 0 Å². The van der Waals surface area contributed by atoms with Crippen molar-refractivity contribution in [1.82, 2.24) is 0 Å². The summed E-state index contributed by atoms with van der Waals surface area (Å²) >= 11 is 0. The van der Waals surface area contributed by atoms with Gasteiger partial charge in [0.05, 0.1) is 18.5 Å². The van der Waals surface area contributed by atoms with Gasteiger partial charge in [0.1, 0.15) is 11.8 Å². The van der Waals surface area contributed by atoms with E-state index in [2.05, 4.69) is 5.32 Å². The molecule has 0 bridgehead atoms. The van der Waals surface area contributed by atoms with Crippen LogP contribution in [0.25, 0.3) is 0 Å². The molecule has 5 heteroatoms. The van der Waals surface area contributed by atoms with Gasteiger partial charge in [-0.3, -0.25) is 4.79 Å². The van der Waals surface area contributed by atoms with Gasteiger partial charge in [-0.2, -0.15) is 0 Å². The summed E-state index contributed by atoms with van der Waals surface area (Å²) in [5, 5.41) is 3.04. The fourth-order valence-electron chi connectivity index (χ4n) is 1.53. The third-order valence-electron chi connectivity index (χ3n) is 2.54. The first-order valence-corrected chi connectivity index (χ1v) is 5.45. The standard InChI is InChI=1S/C12H19N3O2/c1-7(2)11(12(14)16)15-10-5-4-8(17-3)6-9(10)13/h4-7,11,15H,13H2,1-3H3,(H2,14,16). The van der Waals surface area contributed by atoms with E-state index in [1.807, 2.05) is 13.8 Å². The molecular weight excluding hydrogens is 218 g/mol. The number of primary amides is 1. The fourth-order valence-corrected chi connectivity index (χ4v) is 1.53. The number of rotatable bonds is 5. The molecule has 0 saturated heterocycles. The van der Waals surface area contributed by atoms with Crippen LogP contribution in [0.15, 0.2) is 18.2 Å². The van der Waals surface area contributed by atoms with Crippen LogP contribution in [0.1, 0.15) is 13.8 Å². The van der Waals surface area contributed by atoms with E-state index in [1.165, 1.54) is 0 Å². The van der Waals surface area contributed by atoms with Crippen molar-refractivity contribution in [3.63, 3.8) is 0 Å². The third kappa shape index (κ3) is 3.27. The zero-order valence-electron chi connectivity index (χ0n) is 10.4. The van der Waals surface area contributed by atoms with E-state index in [4.69, 9.17) is 16.2 Å². The van der Waals surface area contributed by atoms with Crippen molar-refractivity contribution in [3.8, 4) is 5.75 Å². The Balaban J connectivity index is 2.90. The number of methoxy groups -OCH3 is 1. The number of anilines is 2. The Morgan fingerprint density at radius 2 is 2.06 bits per heavy atom. The number of carbonyl (C=O) groups is 1. The molecule has 0 spiro atoms. The number of amides is 1. The molecular formula is C12H19N3O2. The highest BCUT2D eigenvalue weighted by Gasteiger charge is 2.19. The number of nitrogens with one attached hydrogen (secondary N) is 1. The number of hydrogen-bond acceptors (Lipinski definition) is 4. The van der Waals surface area contributed by atoms with E-state index in [0.717, 1.165) is 0 Å². The lowest BCUT2D eigenvalue weighted by Gasteiger charge is -2.21. The number of nitrogen functional groups attached to an aromatic ring is 1. The van der Waals surface area contributed by atoms with Crippen LogP contribution in [-0.4, -0.2) is 19.1 Å². The van der Waals surface area contributed by atoms with E-state index in [0.29, 0.717) is 17.1 Å². The Bertz CT molecular complexity index is 405. The van der Waals surface area contributed by atoms with Gasteiger partial charge in [-0.05, 0) is 18.1 Å². The zero-order valence-corrected chi connectivity index (χ0v) is 10.4. The van der Waals surface area contributed by atoms with Crippen LogP contribution in [0, 0.1) is 5.92 Å². The Kier molecular flexibility index (Phi) is 4.20. The maximum Gasteiger partial charge on any atom is 0.240 e. The second kappa shape index (κ2) is 5.43. The second-order valence-corrected chi connectivity index (χ2v) is 4.22. The topological polar surface area (TPSA) is 90.4 Å². The van der Waals surface area contributed by atoms with Crippen molar-refractivity contribution >= 4 is 17.3 Å². The molecule has 0 aliphatic carbocycles. The highest BCUT2D eigenvalue weighted by atomic mass is 16.5. The Hall–Kier alpha value is -1.91. The van der Waals surface area contributed by atoms with Crippen molar-refractivity contribution < 1.29 is 9.53 Å². The lowest BCUT2D eigenvalue weighted by molar-refractivity contribution is -0.119. The number of ether oxygens (including phenoxy) is 1. The number of nitrogens with two attached hydrogens (primary N) is 2. The fraction of sp³-hybridized carbons (Fsp3) is 0.417.